The molecular weight excluding hydrogens is 276 g/mol. The van der Waals surface area contributed by atoms with Gasteiger partial charge in [-0.2, -0.15) is 0 Å². The van der Waals surface area contributed by atoms with E-state index >= 15 is 0 Å². The Morgan fingerprint density at radius 1 is 1.55 bits per heavy atom. The molecule has 0 spiro atoms. The van der Waals surface area contributed by atoms with Crippen LogP contribution in [0.1, 0.15) is 45.2 Å². The fraction of sp³-hybridized carbons (Fsp3) is 0.714. The number of carbonyl (C=O) groups is 1. The number of nitrogens with zero attached hydrogens (tertiary/aromatic N) is 2. The van der Waals surface area contributed by atoms with Crippen LogP contribution in [0.4, 0.5) is 4.79 Å². The molecule has 2 atom stereocenters. The Kier molecular flexibility index (Phi) is 4.65. The lowest BCUT2D eigenvalue weighted by molar-refractivity contribution is -0.00399. The fourth-order valence-electron chi connectivity index (χ4n) is 2.11. The number of aromatic nitrogens is 1. The van der Waals surface area contributed by atoms with Crippen LogP contribution in [0, 0.1) is 0 Å². The average Bonchev–Trinajstić information content (AvgIpc) is 2.97. The zero-order valence-corrected chi connectivity index (χ0v) is 13.3. The van der Waals surface area contributed by atoms with Crippen LogP contribution in [0.3, 0.4) is 0 Å². The normalized spacial score (nSPS) is 21.0. The highest BCUT2D eigenvalue weighted by molar-refractivity contribution is 7.09. The maximum atomic E-state index is 12.0. The first-order chi connectivity index (χ1) is 9.35. The van der Waals surface area contributed by atoms with Crippen LogP contribution in [-0.4, -0.2) is 40.8 Å². The van der Waals surface area contributed by atoms with Crippen molar-refractivity contribution in [1.82, 2.24) is 9.88 Å². The summed E-state index contributed by atoms with van der Waals surface area (Å²) in [5, 5.41) is 2.91. The van der Waals surface area contributed by atoms with Crippen LogP contribution in [0.5, 0.6) is 0 Å². The predicted molar refractivity (Wildman–Crippen MR) is 77.8 cm³/mol. The third-order valence-corrected chi connectivity index (χ3v) is 3.93. The maximum Gasteiger partial charge on any atom is 0.410 e. The lowest BCUT2D eigenvalue weighted by Crippen LogP contribution is -2.36. The standard InChI is InChI=1S/C14H22N2O3S/c1-10(12-15-6-8-20-12)18-11-5-7-16(9-11)13(17)19-14(2,3)4/h6,8,10-11H,5,7,9H2,1-4H3/t10-,11-/m1/s1. The van der Waals surface area contributed by atoms with Gasteiger partial charge in [0.25, 0.3) is 0 Å². The van der Waals surface area contributed by atoms with Crippen LogP contribution in [0.15, 0.2) is 11.6 Å². The lowest BCUT2D eigenvalue weighted by atomic mass is 10.2. The summed E-state index contributed by atoms with van der Waals surface area (Å²) in [6.07, 6.45) is 2.39. The van der Waals surface area contributed by atoms with Gasteiger partial charge in [-0.25, -0.2) is 9.78 Å². The van der Waals surface area contributed by atoms with Crippen molar-refractivity contribution in [2.75, 3.05) is 13.1 Å². The molecule has 2 heterocycles. The minimum atomic E-state index is -0.454. The molecule has 1 aliphatic rings. The molecule has 112 valence electrons. The summed E-state index contributed by atoms with van der Waals surface area (Å²) in [5.41, 5.74) is -0.454. The Balaban J connectivity index is 1.82. The molecule has 5 nitrogen and oxygen atoms in total. The van der Waals surface area contributed by atoms with Crippen molar-refractivity contribution in [3.63, 3.8) is 0 Å². The highest BCUT2D eigenvalue weighted by atomic mass is 32.1. The number of carbonyl (C=O) groups excluding carboxylic acids is 1. The molecule has 2 rings (SSSR count). The second-order valence-electron chi connectivity index (χ2n) is 5.99. The maximum absolute atomic E-state index is 12.0. The van der Waals surface area contributed by atoms with E-state index in [1.165, 1.54) is 0 Å². The van der Waals surface area contributed by atoms with Crippen LogP contribution >= 0.6 is 11.3 Å². The summed E-state index contributed by atoms with van der Waals surface area (Å²) in [5.74, 6) is 0. The molecule has 0 unspecified atom stereocenters. The number of ether oxygens (including phenoxy) is 2. The van der Waals surface area contributed by atoms with Gasteiger partial charge in [0, 0.05) is 18.1 Å². The number of amides is 1. The van der Waals surface area contributed by atoms with Crippen LogP contribution in [0.2, 0.25) is 0 Å². The van der Waals surface area contributed by atoms with Crippen molar-refractivity contribution in [3.8, 4) is 0 Å². The molecule has 1 aromatic rings. The Labute approximate surface area is 123 Å². The molecule has 1 saturated heterocycles. The van der Waals surface area contributed by atoms with Gasteiger partial charge in [-0.3, -0.25) is 0 Å². The van der Waals surface area contributed by atoms with Crippen molar-refractivity contribution in [2.24, 2.45) is 0 Å². The van der Waals surface area contributed by atoms with E-state index in [1.807, 2.05) is 33.1 Å². The van der Waals surface area contributed by atoms with Gasteiger partial charge in [-0.05, 0) is 34.1 Å². The topological polar surface area (TPSA) is 51.7 Å². The molecule has 0 N–H and O–H groups in total. The first kappa shape index (κ1) is 15.3. The van der Waals surface area contributed by atoms with E-state index in [1.54, 1.807) is 22.4 Å². The van der Waals surface area contributed by atoms with E-state index < -0.39 is 5.60 Å². The van der Waals surface area contributed by atoms with Gasteiger partial charge in [0.1, 0.15) is 16.7 Å². The van der Waals surface area contributed by atoms with Crippen molar-refractivity contribution in [3.05, 3.63) is 16.6 Å². The lowest BCUT2D eigenvalue weighted by Gasteiger charge is -2.24. The second-order valence-corrected chi connectivity index (χ2v) is 6.91. The molecule has 0 aromatic carbocycles. The zero-order valence-electron chi connectivity index (χ0n) is 12.5. The SMILES string of the molecule is C[C@@H](O[C@@H]1CCN(C(=O)OC(C)(C)C)C1)c1nccs1. The predicted octanol–water partition coefficient (Wildman–Crippen LogP) is 3.23. The zero-order chi connectivity index (χ0) is 14.8. The second kappa shape index (κ2) is 6.10. The largest absolute Gasteiger partial charge is 0.444 e. The molecule has 0 bridgehead atoms. The Morgan fingerprint density at radius 3 is 2.90 bits per heavy atom. The highest BCUT2D eigenvalue weighted by Crippen LogP contribution is 2.25. The minimum absolute atomic E-state index is 0.0291. The summed E-state index contributed by atoms with van der Waals surface area (Å²) in [6.45, 7) is 8.89. The highest BCUT2D eigenvalue weighted by Gasteiger charge is 2.31. The Bertz CT molecular complexity index is 442. The number of hydrogen-bond donors (Lipinski definition) is 0. The van der Waals surface area contributed by atoms with Gasteiger partial charge in [-0.1, -0.05) is 0 Å². The van der Waals surface area contributed by atoms with Crippen LogP contribution in [-0.2, 0) is 9.47 Å². The van der Waals surface area contributed by atoms with Crippen molar-refractivity contribution < 1.29 is 14.3 Å². The minimum Gasteiger partial charge on any atom is -0.444 e. The quantitative estimate of drug-likeness (QED) is 0.859. The van der Waals surface area contributed by atoms with Crippen molar-refractivity contribution in [2.45, 2.75) is 51.9 Å². The van der Waals surface area contributed by atoms with E-state index in [2.05, 4.69) is 4.98 Å². The fourth-order valence-corrected chi connectivity index (χ4v) is 2.74. The van der Waals surface area contributed by atoms with Crippen LogP contribution in [0.25, 0.3) is 0 Å². The average molecular weight is 298 g/mol. The molecule has 0 radical (unpaired) electrons. The first-order valence-electron chi connectivity index (χ1n) is 6.88. The van der Waals surface area contributed by atoms with Gasteiger partial charge < -0.3 is 14.4 Å². The van der Waals surface area contributed by atoms with Gasteiger partial charge in [-0.15, -0.1) is 11.3 Å². The summed E-state index contributed by atoms with van der Waals surface area (Å²) in [7, 11) is 0. The summed E-state index contributed by atoms with van der Waals surface area (Å²) in [4.78, 5) is 17.9. The summed E-state index contributed by atoms with van der Waals surface area (Å²) < 4.78 is 11.3. The van der Waals surface area contributed by atoms with Gasteiger partial charge >= 0.3 is 6.09 Å². The molecule has 6 heteroatoms. The molecular formula is C14H22N2O3S. The Hall–Kier alpha value is -1.14. The van der Waals surface area contributed by atoms with E-state index in [9.17, 15) is 4.79 Å². The number of rotatable bonds is 3. The van der Waals surface area contributed by atoms with E-state index in [4.69, 9.17) is 9.47 Å². The number of thiazole rings is 1. The third kappa shape index (κ3) is 4.18. The van der Waals surface area contributed by atoms with E-state index in [-0.39, 0.29) is 18.3 Å². The van der Waals surface area contributed by atoms with E-state index in [0.29, 0.717) is 13.1 Å². The molecule has 1 aliphatic heterocycles. The third-order valence-electron chi connectivity index (χ3n) is 2.99. The number of likely N-dealkylation sites (tertiary alicyclic amines) is 1. The van der Waals surface area contributed by atoms with Crippen molar-refractivity contribution >= 4 is 17.4 Å². The molecule has 20 heavy (non-hydrogen) atoms. The molecule has 0 saturated carbocycles. The van der Waals surface area contributed by atoms with E-state index in [0.717, 1.165) is 11.4 Å². The smallest absolute Gasteiger partial charge is 0.410 e. The van der Waals surface area contributed by atoms with Crippen molar-refractivity contribution in [1.29, 1.82) is 0 Å². The molecule has 1 amide bonds. The van der Waals surface area contributed by atoms with Gasteiger partial charge in [0.15, 0.2) is 0 Å². The van der Waals surface area contributed by atoms with Gasteiger partial charge in [0.05, 0.1) is 12.6 Å². The monoisotopic (exact) mass is 298 g/mol. The molecule has 1 fully saturated rings. The summed E-state index contributed by atoms with van der Waals surface area (Å²) >= 11 is 1.59. The van der Waals surface area contributed by atoms with Crippen LogP contribution < -0.4 is 0 Å². The molecule has 0 aliphatic carbocycles. The van der Waals surface area contributed by atoms with Gasteiger partial charge in [0.2, 0.25) is 0 Å². The number of hydrogen-bond acceptors (Lipinski definition) is 5. The Morgan fingerprint density at radius 2 is 2.30 bits per heavy atom. The summed E-state index contributed by atoms with van der Waals surface area (Å²) in [6, 6.07) is 0. The first-order valence-corrected chi connectivity index (χ1v) is 7.76. The molecule has 1 aromatic heterocycles.